The molecule has 0 spiro atoms. The lowest BCUT2D eigenvalue weighted by atomic mass is 9.96. The van der Waals surface area contributed by atoms with Gasteiger partial charge in [0.15, 0.2) is 0 Å². The highest BCUT2D eigenvalue weighted by Crippen LogP contribution is 2.15. The van der Waals surface area contributed by atoms with Crippen LogP contribution in [0.15, 0.2) is 48.5 Å². The van der Waals surface area contributed by atoms with Crippen LogP contribution in [0.3, 0.4) is 0 Å². The van der Waals surface area contributed by atoms with E-state index in [9.17, 15) is 5.11 Å². The predicted molar refractivity (Wildman–Crippen MR) is 78.3 cm³/mol. The first kappa shape index (κ1) is 12.4. The fraction of sp³-hybridized carbons (Fsp3) is 0.333. The van der Waals surface area contributed by atoms with Crippen LogP contribution in [-0.4, -0.2) is 11.2 Å². The minimum atomic E-state index is -0.242. The van der Waals surface area contributed by atoms with Crippen LogP contribution in [0.1, 0.15) is 28.7 Å². The van der Waals surface area contributed by atoms with E-state index in [-0.39, 0.29) is 6.10 Å². The maximum absolute atomic E-state index is 10.1. The van der Waals surface area contributed by atoms with Crippen molar-refractivity contribution < 1.29 is 5.11 Å². The van der Waals surface area contributed by atoms with Gasteiger partial charge in [-0.15, -0.1) is 0 Å². The quantitative estimate of drug-likeness (QED) is 0.762. The smallest absolute Gasteiger partial charge is 0.0583 e. The summed E-state index contributed by atoms with van der Waals surface area (Å²) in [5.74, 6) is 0. The Balaban J connectivity index is 1.87. The SMILES string of the molecule is OC1CCc2ccc(cc2)CCc2ccc(cc2)C1. The minimum absolute atomic E-state index is 0.242. The van der Waals surface area contributed by atoms with Gasteiger partial charge in [-0.05, 0) is 54.4 Å². The second-order valence-corrected chi connectivity index (χ2v) is 5.53. The minimum Gasteiger partial charge on any atom is -0.393 e. The van der Waals surface area contributed by atoms with Crippen molar-refractivity contribution in [3.05, 3.63) is 70.8 Å². The third-order valence-corrected chi connectivity index (χ3v) is 3.99. The number of aliphatic hydroxyl groups is 1. The third-order valence-electron chi connectivity index (χ3n) is 3.99. The Labute approximate surface area is 114 Å². The standard InChI is InChI=1S/C18H20O/c19-18-12-11-16-5-3-14(4-6-16)1-2-15-7-9-17(13-18)10-8-15/h3-10,18-19H,1-2,11-13H2. The molecular weight excluding hydrogens is 232 g/mol. The molecule has 1 unspecified atom stereocenters. The molecule has 0 aromatic heterocycles. The molecule has 0 saturated carbocycles. The normalized spacial score (nSPS) is 19.3. The lowest BCUT2D eigenvalue weighted by molar-refractivity contribution is 0.165. The second kappa shape index (κ2) is 5.58. The number of aryl methyl sites for hydroxylation is 3. The first-order valence-corrected chi connectivity index (χ1v) is 7.13. The van der Waals surface area contributed by atoms with Crippen LogP contribution in [0, 0.1) is 0 Å². The molecule has 0 fully saturated rings. The molecule has 98 valence electrons. The van der Waals surface area contributed by atoms with E-state index in [0.29, 0.717) is 0 Å². The summed E-state index contributed by atoms with van der Waals surface area (Å²) < 4.78 is 0. The highest BCUT2D eigenvalue weighted by Gasteiger charge is 2.07. The molecule has 19 heavy (non-hydrogen) atoms. The second-order valence-electron chi connectivity index (χ2n) is 5.53. The summed E-state index contributed by atoms with van der Waals surface area (Å²) in [5, 5.41) is 10.1. The van der Waals surface area contributed by atoms with Crippen LogP contribution < -0.4 is 0 Å². The van der Waals surface area contributed by atoms with E-state index < -0.39 is 0 Å². The van der Waals surface area contributed by atoms with Gasteiger partial charge in [0.1, 0.15) is 0 Å². The van der Waals surface area contributed by atoms with Crippen LogP contribution >= 0.6 is 0 Å². The zero-order valence-electron chi connectivity index (χ0n) is 11.2. The summed E-state index contributed by atoms with van der Waals surface area (Å²) in [6.07, 6.45) is 4.50. The summed E-state index contributed by atoms with van der Waals surface area (Å²) in [6, 6.07) is 17.6. The van der Waals surface area contributed by atoms with E-state index in [4.69, 9.17) is 0 Å². The predicted octanol–water partition coefficient (Wildman–Crippen LogP) is 3.32. The summed E-state index contributed by atoms with van der Waals surface area (Å²) in [6.45, 7) is 0. The third kappa shape index (κ3) is 3.24. The maximum Gasteiger partial charge on any atom is 0.0583 e. The van der Waals surface area contributed by atoms with Crippen LogP contribution in [0.5, 0.6) is 0 Å². The zero-order chi connectivity index (χ0) is 13.1. The van der Waals surface area contributed by atoms with Crippen LogP contribution in [0.2, 0.25) is 0 Å². The first-order chi connectivity index (χ1) is 9.29. The van der Waals surface area contributed by atoms with E-state index in [1.165, 1.54) is 22.3 Å². The number of benzene rings is 2. The molecular formula is C18H20O. The Morgan fingerprint density at radius 1 is 0.632 bits per heavy atom. The summed E-state index contributed by atoms with van der Waals surface area (Å²) in [5.41, 5.74) is 5.33. The number of rotatable bonds is 0. The van der Waals surface area contributed by atoms with Gasteiger partial charge in [-0.3, -0.25) is 0 Å². The molecule has 4 bridgehead atoms. The van der Waals surface area contributed by atoms with Gasteiger partial charge in [0.05, 0.1) is 6.10 Å². The fourth-order valence-electron chi connectivity index (χ4n) is 2.71. The lowest BCUT2D eigenvalue weighted by Crippen LogP contribution is -2.12. The number of hydrogen-bond acceptors (Lipinski definition) is 1. The topological polar surface area (TPSA) is 20.2 Å². The Morgan fingerprint density at radius 2 is 1.05 bits per heavy atom. The van der Waals surface area contributed by atoms with Crippen molar-refractivity contribution in [2.24, 2.45) is 0 Å². The van der Waals surface area contributed by atoms with E-state index in [2.05, 4.69) is 48.5 Å². The molecule has 1 heteroatoms. The van der Waals surface area contributed by atoms with E-state index >= 15 is 0 Å². The molecule has 1 N–H and O–H groups in total. The Hall–Kier alpha value is -1.60. The van der Waals surface area contributed by atoms with E-state index in [1.54, 1.807) is 0 Å². The molecule has 6 rings (SSSR count). The number of aliphatic hydroxyl groups excluding tert-OH is 1. The van der Waals surface area contributed by atoms with E-state index in [1.807, 2.05) is 0 Å². The van der Waals surface area contributed by atoms with Crippen molar-refractivity contribution in [3.8, 4) is 0 Å². The largest absolute Gasteiger partial charge is 0.393 e. The highest BCUT2D eigenvalue weighted by atomic mass is 16.3. The highest BCUT2D eigenvalue weighted by molar-refractivity contribution is 5.27. The van der Waals surface area contributed by atoms with Crippen molar-refractivity contribution in [2.45, 2.75) is 38.2 Å². The fourth-order valence-corrected chi connectivity index (χ4v) is 2.71. The number of hydrogen-bond donors (Lipinski definition) is 1. The van der Waals surface area contributed by atoms with Gasteiger partial charge < -0.3 is 5.11 Å². The van der Waals surface area contributed by atoms with Crippen molar-refractivity contribution in [1.29, 1.82) is 0 Å². The first-order valence-electron chi connectivity index (χ1n) is 7.13. The molecule has 2 aromatic rings. The van der Waals surface area contributed by atoms with Gasteiger partial charge in [0.2, 0.25) is 0 Å². The van der Waals surface area contributed by atoms with E-state index in [0.717, 1.165) is 32.1 Å². The van der Waals surface area contributed by atoms with Gasteiger partial charge in [-0.25, -0.2) is 0 Å². The van der Waals surface area contributed by atoms with Gasteiger partial charge in [-0.2, -0.15) is 0 Å². The molecule has 1 atom stereocenters. The summed E-state index contributed by atoms with van der Waals surface area (Å²) >= 11 is 0. The Bertz CT molecular complexity index is 525. The van der Waals surface area contributed by atoms with Gasteiger partial charge in [-0.1, -0.05) is 48.5 Å². The van der Waals surface area contributed by atoms with Gasteiger partial charge in [0.25, 0.3) is 0 Å². The average molecular weight is 252 g/mol. The summed E-state index contributed by atoms with van der Waals surface area (Å²) in [7, 11) is 0. The molecule has 0 amide bonds. The van der Waals surface area contributed by atoms with Crippen molar-refractivity contribution in [1.82, 2.24) is 0 Å². The van der Waals surface area contributed by atoms with Crippen molar-refractivity contribution >= 4 is 0 Å². The Kier molecular flexibility index (Phi) is 3.65. The molecule has 1 nitrogen and oxygen atoms in total. The van der Waals surface area contributed by atoms with Crippen LogP contribution in [0.25, 0.3) is 0 Å². The zero-order valence-corrected chi connectivity index (χ0v) is 11.2. The molecule has 4 aliphatic rings. The molecule has 0 aliphatic heterocycles. The molecule has 4 aliphatic carbocycles. The van der Waals surface area contributed by atoms with Crippen molar-refractivity contribution in [2.75, 3.05) is 0 Å². The van der Waals surface area contributed by atoms with Crippen LogP contribution in [0.4, 0.5) is 0 Å². The average Bonchev–Trinajstić information content (AvgIpc) is 2.45. The molecule has 2 aromatic carbocycles. The summed E-state index contributed by atoms with van der Waals surface area (Å²) in [4.78, 5) is 0. The monoisotopic (exact) mass is 252 g/mol. The van der Waals surface area contributed by atoms with Crippen LogP contribution in [-0.2, 0) is 25.7 Å². The molecule has 0 heterocycles. The Morgan fingerprint density at radius 3 is 1.58 bits per heavy atom. The maximum atomic E-state index is 10.1. The van der Waals surface area contributed by atoms with Gasteiger partial charge in [0, 0.05) is 0 Å². The van der Waals surface area contributed by atoms with Crippen molar-refractivity contribution in [3.63, 3.8) is 0 Å². The van der Waals surface area contributed by atoms with Gasteiger partial charge >= 0.3 is 0 Å². The molecule has 0 radical (unpaired) electrons. The lowest BCUT2D eigenvalue weighted by Gasteiger charge is -2.13. The molecule has 0 saturated heterocycles.